The summed E-state index contributed by atoms with van der Waals surface area (Å²) >= 11 is 0. The smallest absolute Gasteiger partial charge is 0.286 e. The molecule has 174 valence electrons. The van der Waals surface area contributed by atoms with Gasteiger partial charge in [-0.3, -0.25) is 9.59 Å². The predicted octanol–water partition coefficient (Wildman–Crippen LogP) is 5.43. The van der Waals surface area contributed by atoms with Crippen molar-refractivity contribution in [2.75, 3.05) is 0 Å². The number of ketones is 2. The van der Waals surface area contributed by atoms with Crippen molar-refractivity contribution in [3.63, 3.8) is 0 Å². The Balaban J connectivity index is 1.62. The number of carbonyl (C=O) groups excluding carboxylic acids is 2. The highest BCUT2D eigenvalue weighted by Crippen LogP contribution is 2.67. The van der Waals surface area contributed by atoms with Crippen LogP contribution in [0.25, 0.3) is 0 Å². The predicted molar refractivity (Wildman–Crippen MR) is 122 cm³/mol. The normalized spacial score (nSPS) is 45.6. The molecule has 0 spiro atoms. The van der Waals surface area contributed by atoms with Crippen LogP contribution in [0.4, 0.5) is 0 Å². The Labute approximate surface area is 196 Å². The van der Waals surface area contributed by atoms with Crippen LogP contribution in [0.15, 0.2) is 23.3 Å². The van der Waals surface area contributed by atoms with Crippen LogP contribution in [0.3, 0.4) is 0 Å². The maximum absolute atomic E-state index is 13.9. The Hall–Kier alpha value is -2.40. The molecule has 5 nitrogen and oxygen atoms in total. The highest BCUT2D eigenvalue weighted by Gasteiger charge is 2.64. The van der Waals surface area contributed by atoms with Gasteiger partial charge in [0.15, 0.2) is 11.6 Å². The van der Waals surface area contributed by atoms with Gasteiger partial charge < -0.3 is 4.74 Å². The first-order valence-corrected chi connectivity index (χ1v) is 12.5. The Morgan fingerprint density at radius 3 is 2.45 bits per heavy atom. The molecular formula is C28H34N2O3. The summed E-state index contributed by atoms with van der Waals surface area (Å²) in [5, 5.41) is 19.0. The highest BCUT2D eigenvalue weighted by molar-refractivity contribution is 6.01. The van der Waals surface area contributed by atoms with E-state index in [-0.39, 0.29) is 51.6 Å². The molecular weight excluding hydrogens is 412 g/mol. The minimum atomic E-state index is -0.519. The van der Waals surface area contributed by atoms with E-state index in [0.717, 1.165) is 50.5 Å². The van der Waals surface area contributed by atoms with Gasteiger partial charge in [-0.2, -0.15) is 10.5 Å². The summed E-state index contributed by atoms with van der Waals surface area (Å²) < 4.78 is 5.83. The van der Waals surface area contributed by atoms with Crippen LogP contribution in [0.5, 0.6) is 0 Å². The van der Waals surface area contributed by atoms with Gasteiger partial charge in [0.25, 0.3) is 6.26 Å². The molecule has 0 radical (unpaired) electrons. The van der Waals surface area contributed by atoms with Crippen LogP contribution in [0.1, 0.15) is 79.1 Å². The van der Waals surface area contributed by atoms with Crippen molar-refractivity contribution in [1.82, 2.24) is 0 Å². The number of nitrogens with zero attached hydrogens (tertiary/aromatic N) is 2. The van der Waals surface area contributed by atoms with E-state index in [0.29, 0.717) is 6.42 Å². The molecule has 0 bridgehead atoms. The van der Waals surface area contributed by atoms with Crippen molar-refractivity contribution in [3.8, 4) is 12.3 Å². The third kappa shape index (κ3) is 3.01. The number of Topliss-reactive ketones (excluding diaryl/α,β-unsaturated/α-hetero) is 1. The third-order valence-corrected chi connectivity index (χ3v) is 10.5. The van der Waals surface area contributed by atoms with Gasteiger partial charge in [0, 0.05) is 23.7 Å². The van der Waals surface area contributed by atoms with Gasteiger partial charge >= 0.3 is 0 Å². The second-order valence-corrected chi connectivity index (χ2v) is 12.6. The number of nitriles is 2. The quantitative estimate of drug-likeness (QED) is 0.501. The van der Waals surface area contributed by atoms with Gasteiger partial charge in [-0.25, -0.2) is 0 Å². The summed E-state index contributed by atoms with van der Waals surface area (Å²) in [5.74, 6) is 0.351. The van der Waals surface area contributed by atoms with E-state index in [2.05, 4.69) is 33.8 Å². The molecule has 5 rings (SSSR count). The summed E-state index contributed by atoms with van der Waals surface area (Å²) in [4.78, 5) is 26.4. The lowest BCUT2D eigenvalue weighted by Crippen LogP contribution is -2.61. The molecule has 3 fully saturated rings. The van der Waals surface area contributed by atoms with Crippen molar-refractivity contribution in [2.45, 2.75) is 84.7 Å². The number of rotatable bonds is 1. The van der Waals surface area contributed by atoms with Crippen LogP contribution in [-0.4, -0.2) is 17.2 Å². The average molecular weight is 447 g/mol. The first-order chi connectivity index (χ1) is 15.5. The standard InChI is InChI=1S/C28H34N2O3/c1-25(2)9-10-28(33-16-30)8-6-19-24(20(28)14-25)22(32)12-23-26(19,3)7-5-18-11-21(31)17(15-29)13-27(18,23)4/h12-13,18-20,24H,5-11,14H2,1-4H3. The maximum atomic E-state index is 13.9. The molecule has 5 heteroatoms. The van der Waals surface area contributed by atoms with Crippen molar-refractivity contribution < 1.29 is 14.3 Å². The van der Waals surface area contributed by atoms with E-state index in [1.807, 2.05) is 18.4 Å². The van der Waals surface area contributed by atoms with E-state index >= 15 is 0 Å². The van der Waals surface area contributed by atoms with E-state index in [1.54, 1.807) is 0 Å². The van der Waals surface area contributed by atoms with Crippen LogP contribution >= 0.6 is 0 Å². The Morgan fingerprint density at radius 1 is 1.00 bits per heavy atom. The number of hydrogen-bond acceptors (Lipinski definition) is 5. The zero-order valence-corrected chi connectivity index (χ0v) is 20.2. The van der Waals surface area contributed by atoms with Crippen LogP contribution in [0.2, 0.25) is 0 Å². The molecule has 33 heavy (non-hydrogen) atoms. The molecule has 0 aromatic rings. The zero-order chi connectivity index (χ0) is 23.8. The molecule has 0 N–H and O–H groups in total. The molecule has 0 aromatic heterocycles. The monoisotopic (exact) mass is 446 g/mol. The maximum Gasteiger partial charge on any atom is 0.286 e. The van der Waals surface area contributed by atoms with Gasteiger partial charge in [-0.05, 0) is 73.7 Å². The lowest BCUT2D eigenvalue weighted by atomic mass is 9.41. The number of allylic oxidation sites excluding steroid dienone is 4. The first-order valence-electron chi connectivity index (χ1n) is 12.5. The fourth-order valence-corrected chi connectivity index (χ4v) is 8.63. The lowest BCUT2D eigenvalue weighted by Gasteiger charge is -2.63. The van der Waals surface area contributed by atoms with Gasteiger partial charge in [-0.15, -0.1) is 0 Å². The molecule has 3 saturated carbocycles. The molecule has 5 aliphatic carbocycles. The minimum Gasteiger partial charge on any atom is -0.421 e. The summed E-state index contributed by atoms with van der Waals surface area (Å²) in [5.41, 5.74) is 0.388. The topological polar surface area (TPSA) is 90.9 Å². The van der Waals surface area contributed by atoms with E-state index in [4.69, 9.17) is 4.74 Å². The molecule has 5 aliphatic rings. The molecule has 7 atom stereocenters. The van der Waals surface area contributed by atoms with E-state index < -0.39 is 11.0 Å². The van der Waals surface area contributed by atoms with Crippen LogP contribution < -0.4 is 0 Å². The third-order valence-electron chi connectivity index (χ3n) is 10.5. The highest BCUT2D eigenvalue weighted by atomic mass is 16.5. The van der Waals surface area contributed by atoms with Crippen molar-refractivity contribution in [2.24, 2.45) is 39.9 Å². The molecule has 0 saturated heterocycles. The lowest BCUT2D eigenvalue weighted by molar-refractivity contribution is -0.168. The average Bonchev–Trinajstić information content (AvgIpc) is 2.75. The summed E-state index contributed by atoms with van der Waals surface area (Å²) in [6.07, 6.45) is 12.4. The summed E-state index contributed by atoms with van der Waals surface area (Å²) in [6, 6.07) is 2.10. The molecule has 0 amide bonds. The van der Waals surface area contributed by atoms with E-state index in [9.17, 15) is 20.1 Å². The Morgan fingerprint density at radius 2 is 1.76 bits per heavy atom. The van der Waals surface area contributed by atoms with Crippen molar-refractivity contribution in [1.29, 1.82) is 10.5 Å². The first kappa shape index (κ1) is 22.4. The largest absolute Gasteiger partial charge is 0.421 e. The SMILES string of the molecule is CC1(C)CCC2(OC#N)CCC3C(C(=O)C=C4C5(C)C=C(C#N)C(=O)CC5CCC43C)C2C1. The second-order valence-electron chi connectivity index (χ2n) is 12.6. The Bertz CT molecular complexity index is 1070. The number of hydrogen-bond donors (Lipinski definition) is 0. The summed E-state index contributed by atoms with van der Waals surface area (Å²) in [6.45, 7) is 8.98. The minimum absolute atomic E-state index is 0.0467. The molecule has 0 aromatic carbocycles. The van der Waals surface area contributed by atoms with Gasteiger partial charge in [0.05, 0.1) is 5.57 Å². The van der Waals surface area contributed by atoms with Gasteiger partial charge in [-0.1, -0.05) is 39.3 Å². The molecule has 0 aliphatic heterocycles. The zero-order valence-electron chi connectivity index (χ0n) is 20.2. The number of ether oxygens (including phenoxy) is 1. The van der Waals surface area contributed by atoms with E-state index in [1.165, 1.54) is 0 Å². The van der Waals surface area contributed by atoms with Crippen molar-refractivity contribution >= 4 is 11.6 Å². The van der Waals surface area contributed by atoms with Gasteiger partial charge in [0.2, 0.25) is 0 Å². The van der Waals surface area contributed by atoms with Crippen molar-refractivity contribution in [3.05, 3.63) is 23.3 Å². The second kappa shape index (κ2) is 7.05. The van der Waals surface area contributed by atoms with Crippen LogP contribution in [-0.2, 0) is 14.3 Å². The summed E-state index contributed by atoms with van der Waals surface area (Å²) in [7, 11) is 0. The van der Waals surface area contributed by atoms with Gasteiger partial charge in [0.1, 0.15) is 11.7 Å². The molecule has 0 heterocycles. The number of carbonyl (C=O) groups is 2. The fraction of sp³-hybridized carbons (Fsp3) is 0.714. The van der Waals surface area contributed by atoms with Crippen LogP contribution in [0, 0.1) is 62.8 Å². The fourth-order valence-electron chi connectivity index (χ4n) is 8.63. The molecule has 7 unspecified atom stereocenters. The Kier molecular flexibility index (Phi) is 4.78. The number of fused-ring (bicyclic) bond motifs is 7.